The van der Waals surface area contributed by atoms with Crippen LogP contribution in [-0.2, 0) is 16.1 Å². The summed E-state index contributed by atoms with van der Waals surface area (Å²) in [6, 6.07) is 3.97. The third-order valence-electron chi connectivity index (χ3n) is 2.78. The Morgan fingerprint density at radius 1 is 1.33 bits per heavy atom. The summed E-state index contributed by atoms with van der Waals surface area (Å²) in [7, 11) is 0. The zero-order valence-electron chi connectivity index (χ0n) is 11.1. The van der Waals surface area contributed by atoms with Crippen molar-refractivity contribution in [3.05, 3.63) is 23.3 Å². The van der Waals surface area contributed by atoms with Crippen molar-refractivity contribution in [3.63, 3.8) is 0 Å². The fraction of sp³-hybridized carbons (Fsp3) is 0.462. The number of benzene rings is 1. The SMILES string of the molecule is Cc1cc2nnn(CC(=O)OC(C)C)c2cc1C. The van der Waals surface area contributed by atoms with Crippen molar-refractivity contribution < 1.29 is 9.53 Å². The van der Waals surface area contributed by atoms with Crippen molar-refractivity contribution in [1.29, 1.82) is 0 Å². The van der Waals surface area contributed by atoms with E-state index in [2.05, 4.69) is 10.3 Å². The van der Waals surface area contributed by atoms with Gasteiger partial charge in [-0.25, -0.2) is 4.68 Å². The number of aryl methyl sites for hydroxylation is 2. The van der Waals surface area contributed by atoms with Crippen LogP contribution in [0.5, 0.6) is 0 Å². The fourth-order valence-electron chi connectivity index (χ4n) is 1.76. The standard InChI is InChI=1S/C13H17N3O2/c1-8(2)18-13(17)7-16-12-6-10(4)9(3)5-11(12)14-15-16/h5-6,8H,7H2,1-4H3. The highest BCUT2D eigenvalue weighted by molar-refractivity contribution is 5.78. The van der Waals surface area contributed by atoms with Gasteiger partial charge in [0.2, 0.25) is 0 Å². The summed E-state index contributed by atoms with van der Waals surface area (Å²) in [6.07, 6.45) is -0.115. The average molecular weight is 247 g/mol. The number of esters is 1. The smallest absolute Gasteiger partial charge is 0.328 e. The number of fused-ring (bicyclic) bond motifs is 1. The van der Waals surface area contributed by atoms with Crippen molar-refractivity contribution in [2.75, 3.05) is 0 Å². The zero-order valence-corrected chi connectivity index (χ0v) is 11.1. The van der Waals surface area contributed by atoms with Crippen molar-refractivity contribution in [1.82, 2.24) is 15.0 Å². The van der Waals surface area contributed by atoms with Crippen LogP contribution in [0.1, 0.15) is 25.0 Å². The maximum Gasteiger partial charge on any atom is 0.328 e. The molecular weight excluding hydrogens is 230 g/mol. The van der Waals surface area contributed by atoms with Crippen molar-refractivity contribution in [2.45, 2.75) is 40.3 Å². The highest BCUT2D eigenvalue weighted by Gasteiger charge is 2.12. The molecule has 0 saturated carbocycles. The lowest BCUT2D eigenvalue weighted by Gasteiger charge is -2.08. The highest BCUT2D eigenvalue weighted by Crippen LogP contribution is 2.17. The topological polar surface area (TPSA) is 57.0 Å². The molecule has 0 aliphatic rings. The molecule has 1 heterocycles. The molecule has 1 aromatic heterocycles. The summed E-state index contributed by atoms with van der Waals surface area (Å²) >= 11 is 0. The van der Waals surface area contributed by atoms with E-state index in [1.165, 1.54) is 5.56 Å². The van der Waals surface area contributed by atoms with E-state index in [4.69, 9.17) is 4.74 Å². The summed E-state index contributed by atoms with van der Waals surface area (Å²) < 4.78 is 6.67. The van der Waals surface area contributed by atoms with E-state index in [0.29, 0.717) is 0 Å². The first-order chi connectivity index (χ1) is 8.47. The first kappa shape index (κ1) is 12.5. The lowest BCUT2D eigenvalue weighted by atomic mass is 10.1. The number of rotatable bonds is 3. The number of nitrogens with zero attached hydrogens (tertiary/aromatic N) is 3. The summed E-state index contributed by atoms with van der Waals surface area (Å²) in [5.41, 5.74) is 3.98. The van der Waals surface area contributed by atoms with Gasteiger partial charge in [-0.15, -0.1) is 5.10 Å². The predicted octanol–water partition coefficient (Wildman–Crippen LogP) is 2.00. The van der Waals surface area contributed by atoms with Crippen LogP contribution in [-0.4, -0.2) is 27.1 Å². The third-order valence-corrected chi connectivity index (χ3v) is 2.78. The van der Waals surface area contributed by atoms with Gasteiger partial charge in [-0.3, -0.25) is 4.79 Å². The predicted molar refractivity (Wildman–Crippen MR) is 68.2 cm³/mol. The van der Waals surface area contributed by atoms with E-state index in [1.807, 2.05) is 39.8 Å². The number of aromatic nitrogens is 3. The Balaban J connectivity index is 2.29. The Morgan fingerprint density at radius 3 is 2.67 bits per heavy atom. The molecule has 1 aromatic carbocycles. The summed E-state index contributed by atoms with van der Waals surface area (Å²) in [5.74, 6) is -0.296. The summed E-state index contributed by atoms with van der Waals surface area (Å²) in [6.45, 7) is 7.80. The number of carbonyl (C=O) groups excluding carboxylic acids is 1. The molecule has 0 spiro atoms. The van der Waals surface area contributed by atoms with Gasteiger partial charge < -0.3 is 4.74 Å². The molecule has 5 nitrogen and oxygen atoms in total. The van der Waals surface area contributed by atoms with E-state index < -0.39 is 0 Å². The Hall–Kier alpha value is -1.91. The van der Waals surface area contributed by atoms with E-state index in [9.17, 15) is 4.79 Å². The maximum absolute atomic E-state index is 11.6. The van der Waals surface area contributed by atoms with Gasteiger partial charge in [0.15, 0.2) is 0 Å². The molecule has 0 aliphatic carbocycles. The van der Waals surface area contributed by atoms with Crippen LogP contribution < -0.4 is 0 Å². The van der Waals surface area contributed by atoms with Crippen molar-refractivity contribution >= 4 is 17.0 Å². The van der Waals surface area contributed by atoms with E-state index in [1.54, 1.807) is 4.68 Å². The van der Waals surface area contributed by atoms with Gasteiger partial charge in [0.05, 0.1) is 11.6 Å². The molecule has 0 amide bonds. The van der Waals surface area contributed by atoms with E-state index in [0.717, 1.165) is 16.6 Å². The third kappa shape index (κ3) is 2.50. The lowest BCUT2D eigenvalue weighted by molar-refractivity contribution is -0.148. The molecule has 0 N–H and O–H groups in total. The molecule has 0 saturated heterocycles. The minimum absolute atomic E-state index is 0.0944. The van der Waals surface area contributed by atoms with Crippen molar-refractivity contribution in [2.24, 2.45) is 0 Å². The summed E-state index contributed by atoms with van der Waals surface area (Å²) in [4.78, 5) is 11.6. The van der Waals surface area contributed by atoms with Gasteiger partial charge in [-0.05, 0) is 51.0 Å². The summed E-state index contributed by atoms with van der Waals surface area (Å²) in [5, 5.41) is 8.05. The Labute approximate surface area is 106 Å². The number of hydrogen-bond donors (Lipinski definition) is 0. The average Bonchev–Trinajstić information content (AvgIpc) is 2.61. The molecule has 0 atom stereocenters. The molecule has 0 fully saturated rings. The first-order valence-corrected chi connectivity index (χ1v) is 5.97. The second-order valence-electron chi connectivity index (χ2n) is 4.71. The highest BCUT2D eigenvalue weighted by atomic mass is 16.5. The Morgan fingerprint density at radius 2 is 2.00 bits per heavy atom. The molecule has 5 heteroatoms. The second-order valence-corrected chi connectivity index (χ2v) is 4.71. The van der Waals surface area contributed by atoms with Crippen LogP contribution in [0.3, 0.4) is 0 Å². The number of ether oxygens (including phenoxy) is 1. The molecular formula is C13H17N3O2. The van der Waals surface area contributed by atoms with Crippen LogP contribution in [0.2, 0.25) is 0 Å². The van der Waals surface area contributed by atoms with Crippen LogP contribution in [0, 0.1) is 13.8 Å². The first-order valence-electron chi connectivity index (χ1n) is 5.97. The number of hydrogen-bond acceptors (Lipinski definition) is 4. The largest absolute Gasteiger partial charge is 0.462 e. The lowest BCUT2D eigenvalue weighted by Crippen LogP contribution is -2.18. The van der Waals surface area contributed by atoms with Crippen LogP contribution >= 0.6 is 0 Å². The van der Waals surface area contributed by atoms with E-state index >= 15 is 0 Å². The van der Waals surface area contributed by atoms with Gasteiger partial charge in [0.25, 0.3) is 0 Å². The molecule has 0 radical (unpaired) electrons. The normalized spacial score (nSPS) is 11.2. The molecule has 0 unspecified atom stereocenters. The van der Waals surface area contributed by atoms with Crippen molar-refractivity contribution in [3.8, 4) is 0 Å². The van der Waals surface area contributed by atoms with Gasteiger partial charge in [0.1, 0.15) is 12.1 Å². The minimum atomic E-state index is -0.296. The monoisotopic (exact) mass is 247 g/mol. The number of carbonyl (C=O) groups is 1. The minimum Gasteiger partial charge on any atom is -0.462 e. The second kappa shape index (κ2) is 4.76. The maximum atomic E-state index is 11.6. The molecule has 18 heavy (non-hydrogen) atoms. The van der Waals surface area contributed by atoms with Crippen LogP contribution in [0.25, 0.3) is 11.0 Å². The van der Waals surface area contributed by atoms with Gasteiger partial charge in [-0.2, -0.15) is 0 Å². The fourth-order valence-corrected chi connectivity index (χ4v) is 1.76. The van der Waals surface area contributed by atoms with Crippen LogP contribution in [0.4, 0.5) is 0 Å². The Kier molecular flexibility index (Phi) is 3.32. The molecule has 2 rings (SSSR count). The van der Waals surface area contributed by atoms with Gasteiger partial charge in [0, 0.05) is 0 Å². The molecule has 2 aromatic rings. The quantitative estimate of drug-likeness (QED) is 0.778. The Bertz CT molecular complexity index is 587. The molecule has 0 bridgehead atoms. The zero-order chi connectivity index (χ0) is 13.3. The van der Waals surface area contributed by atoms with Gasteiger partial charge >= 0.3 is 5.97 Å². The van der Waals surface area contributed by atoms with Gasteiger partial charge in [-0.1, -0.05) is 5.21 Å². The molecule has 96 valence electrons. The van der Waals surface area contributed by atoms with E-state index in [-0.39, 0.29) is 18.6 Å². The molecule has 0 aliphatic heterocycles. The van der Waals surface area contributed by atoms with Crippen LogP contribution in [0.15, 0.2) is 12.1 Å².